The second-order valence-corrected chi connectivity index (χ2v) is 11.7. The highest BCUT2D eigenvalue weighted by atomic mass is 32.2. The van der Waals surface area contributed by atoms with Gasteiger partial charge in [-0.2, -0.15) is 13.2 Å². The van der Waals surface area contributed by atoms with Crippen molar-refractivity contribution in [3.8, 4) is 0 Å². The molecule has 0 saturated carbocycles. The lowest BCUT2D eigenvalue weighted by Gasteiger charge is -2.07. The predicted molar refractivity (Wildman–Crippen MR) is 130 cm³/mol. The predicted octanol–water partition coefficient (Wildman–Crippen LogP) is 7.75. The number of hydrogen-bond acceptors (Lipinski definition) is 3. The van der Waals surface area contributed by atoms with E-state index in [1.165, 1.54) is 68.4 Å². The van der Waals surface area contributed by atoms with Crippen molar-refractivity contribution in [3.63, 3.8) is 0 Å². The quantitative estimate of drug-likeness (QED) is 0.238. The van der Waals surface area contributed by atoms with E-state index in [9.17, 15) is 21.6 Å². The van der Waals surface area contributed by atoms with Crippen LogP contribution in [0.5, 0.6) is 0 Å². The minimum atomic E-state index is -4.34. The molecule has 0 atom stereocenters. The normalized spacial score (nSPS) is 12.4. The Hall–Kier alpha value is -1.38. The van der Waals surface area contributed by atoms with E-state index in [0.29, 0.717) is 19.4 Å². The van der Waals surface area contributed by atoms with E-state index in [1.54, 1.807) is 12.1 Å². The molecule has 0 spiro atoms. The first-order valence-corrected chi connectivity index (χ1v) is 14.3. The summed E-state index contributed by atoms with van der Waals surface area (Å²) in [6.45, 7) is 2.66. The number of benzene rings is 1. The molecule has 0 aliphatic heterocycles. The van der Waals surface area contributed by atoms with Crippen LogP contribution in [0.15, 0.2) is 40.6 Å². The summed E-state index contributed by atoms with van der Waals surface area (Å²) in [6.07, 6.45) is 8.84. The molecule has 0 bridgehead atoms. The molecule has 0 aliphatic carbocycles. The molecule has 2 rings (SSSR count). The van der Waals surface area contributed by atoms with Gasteiger partial charge in [0.25, 0.3) is 0 Å². The monoisotopic (exact) mass is 503 g/mol. The van der Waals surface area contributed by atoms with Crippen LogP contribution in [0.2, 0.25) is 0 Å². The van der Waals surface area contributed by atoms with Crippen molar-refractivity contribution in [2.75, 3.05) is 6.54 Å². The zero-order valence-electron chi connectivity index (χ0n) is 19.4. The third-order valence-electron chi connectivity index (χ3n) is 5.67. The summed E-state index contributed by atoms with van der Waals surface area (Å²) < 4.78 is 65.9. The molecule has 1 aromatic heterocycles. The van der Waals surface area contributed by atoms with E-state index < -0.39 is 21.8 Å². The van der Waals surface area contributed by atoms with Crippen molar-refractivity contribution in [2.24, 2.45) is 0 Å². The van der Waals surface area contributed by atoms with Crippen LogP contribution in [0, 0.1) is 0 Å². The van der Waals surface area contributed by atoms with Crippen LogP contribution >= 0.6 is 11.3 Å². The Morgan fingerprint density at radius 1 is 0.788 bits per heavy atom. The third kappa shape index (κ3) is 10.6. The maximum atomic E-state index is 12.7. The van der Waals surface area contributed by atoms with Gasteiger partial charge in [-0.15, -0.1) is 11.3 Å². The van der Waals surface area contributed by atoms with Gasteiger partial charge in [-0.25, -0.2) is 13.1 Å². The highest BCUT2D eigenvalue weighted by Crippen LogP contribution is 2.29. The lowest BCUT2D eigenvalue weighted by molar-refractivity contribution is -0.137. The minimum absolute atomic E-state index is 0.289. The molecule has 33 heavy (non-hydrogen) atoms. The highest BCUT2D eigenvalue weighted by Gasteiger charge is 2.29. The second-order valence-electron chi connectivity index (χ2n) is 8.50. The van der Waals surface area contributed by atoms with Crippen molar-refractivity contribution in [1.82, 2.24) is 4.72 Å². The van der Waals surface area contributed by atoms with Crippen LogP contribution in [0.25, 0.3) is 0 Å². The topological polar surface area (TPSA) is 46.2 Å². The fourth-order valence-corrected chi connectivity index (χ4v) is 6.13. The molecule has 8 heteroatoms. The SMILES string of the molecule is CCCCCCCCCCCCNS(=O)(=O)c1ccc(CCc2ccc(C(F)(F)F)cc2)s1. The van der Waals surface area contributed by atoms with Gasteiger partial charge in [0.1, 0.15) is 4.21 Å². The van der Waals surface area contributed by atoms with E-state index in [-0.39, 0.29) is 4.21 Å². The number of halogens is 3. The fraction of sp³-hybridized carbons (Fsp3) is 0.600. The van der Waals surface area contributed by atoms with Crippen LogP contribution in [-0.2, 0) is 29.0 Å². The lowest BCUT2D eigenvalue weighted by Crippen LogP contribution is -2.23. The lowest BCUT2D eigenvalue weighted by atomic mass is 10.1. The molecule has 186 valence electrons. The van der Waals surface area contributed by atoms with E-state index in [1.807, 2.05) is 0 Å². The van der Waals surface area contributed by atoms with Gasteiger partial charge in [-0.3, -0.25) is 0 Å². The molecule has 2 aromatic rings. The van der Waals surface area contributed by atoms with E-state index in [0.717, 1.165) is 41.8 Å². The van der Waals surface area contributed by atoms with Crippen molar-refractivity contribution >= 4 is 21.4 Å². The van der Waals surface area contributed by atoms with Crippen molar-refractivity contribution in [3.05, 3.63) is 52.4 Å². The smallest absolute Gasteiger partial charge is 0.210 e. The molecule has 0 fully saturated rings. The van der Waals surface area contributed by atoms with Crippen molar-refractivity contribution < 1.29 is 21.6 Å². The Morgan fingerprint density at radius 2 is 1.36 bits per heavy atom. The molecule has 0 aliphatic rings. The Balaban J connectivity index is 1.66. The average molecular weight is 504 g/mol. The standard InChI is InChI=1S/C25H36F3NO2S2/c1-2-3-4-5-6-7-8-9-10-11-20-29-33(30,31)24-19-18-23(32-24)17-14-21-12-15-22(16-13-21)25(26,27)28/h12-13,15-16,18-19,29H,2-11,14,17,20H2,1H3. The molecular weight excluding hydrogens is 467 g/mol. The Kier molecular flexibility index (Phi) is 11.9. The zero-order valence-corrected chi connectivity index (χ0v) is 21.1. The van der Waals surface area contributed by atoms with Gasteiger partial charge in [0.2, 0.25) is 10.0 Å². The molecule has 0 radical (unpaired) electrons. The summed E-state index contributed by atoms with van der Waals surface area (Å²) >= 11 is 1.22. The van der Waals surface area contributed by atoms with E-state index in [4.69, 9.17) is 0 Å². The first kappa shape index (κ1) is 27.9. The van der Waals surface area contributed by atoms with E-state index in [2.05, 4.69) is 11.6 Å². The molecule has 0 saturated heterocycles. The first-order chi connectivity index (χ1) is 15.7. The van der Waals surface area contributed by atoms with Crippen LogP contribution in [0.3, 0.4) is 0 Å². The fourth-order valence-electron chi connectivity index (χ4n) is 3.66. The van der Waals surface area contributed by atoms with Crippen LogP contribution in [-0.4, -0.2) is 15.0 Å². The summed E-state index contributed by atoms with van der Waals surface area (Å²) in [6, 6.07) is 8.50. The van der Waals surface area contributed by atoms with E-state index >= 15 is 0 Å². The van der Waals surface area contributed by atoms with Crippen molar-refractivity contribution in [2.45, 2.75) is 94.4 Å². The summed E-state index contributed by atoms with van der Waals surface area (Å²) in [5, 5.41) is 0. The van der Waals surface area contributed by atoms with Gasteiger partial charge >= 0.3 is 6.18 Å². The highest BCUT2D eigenvalue weighted by molar-refractivity contribution is 7.91. The number of nitrogens with one attached hydrogen (secondary N) is 1. The van der Waals surface area contributed by atoms with Crippen LogP contribution < -0.4 is 4.72 Å². The summed E-state index contributed by atoms with van der Waals surface area (Å²) in [7, 11) is -3.51. The number of rotatable bonds is 16. The van der Waals surface area contributed by atoms with Gasteiger partial charge in [0.15, 0.2) is 0 Å². The molecule has 1 heterocycles. The summed E-state index contributed by atoms with van der Waals surface area (Å²) in [5.74, 6) is 0. The first-order valence-electron chi connectivity index (χ1n) is 12.0. The Labute approximate surface area is 200 Å². The van der Waals surface area contributed by atoms with Gasteiger partial charge in [-0.05, 0) is 49.1 Å². The van der Waals surface area contributed by atoms with Crippen LogP contribution in [0.4, 0.5) is 13.2 Å². The molecule has 0 amide bonds. The number of hydrogen-bond donors (Lipinski definition) is 1. The maximum absolute atomic E-state index is 12.7. The van der Waals surface area contributed by atoms with Gasteiger partial charge in [0.05, 0.1) is 5.56 Å². The summed E-state index contributed by atoms with van der Waals surface area (Å²) in [4.78, 5) is 0.897. The van der Waals surface area contributed by atoms with Crippen molar-refractivity contribution in [1.29, 1.82) is 0 Å². The van der Waals surface area contributed by atoms with Gasteiger partial charge < -0.3 is 0 Å². The number of unbranched alkanes of at least 4 members (excludes halogenated alkanes) is 9. The average Bonchev–Trinajstić information content (AvgIpc) is 3.26. The number of aryl methyl sites for hydroxylation is 2. The molecule has 3 nitrogen and oxygen atoms in total. The van der Waals surface area contributed by atoms with Gasteiger partial charge in [0, 0.05) is 11.4 Å². The maximum Gasteiger partial charge on any atom is 0.416 e. The Bertz CT molecular complexity index is 906. The molecule has 1 aromatic carbocycles. The largest absolute Gasteiger partial charge is 0.416 e. The molecule has 1 N–H and O–H groups in total. The number of sulfonamides is 1. The Morgan fingerprint density at radius 3 is 1.94 bits per heavy atom. The molecule has 0 unspecified atom stereocenters. The van der Waals surface area contributed by atoms with Gasteiger partial charge in [-0.1, -0.05) is 76.8 Å². The third-order valence-corrected chi connectivity index (χ3v) is 8.76. The number of alkyl halides is 3. The van der Waals surface area contributed by atoms with Crippen LogP contribution in [0.1, 0.15) is 87.1 Å². The minimum Gasteiger partial charge on any atom is -0.210 e. The number of thiophene rings is 1. The zero-order chi connectivity index (χ0) is 24.2. The molecular formula is C25H36F3NO2S2. The second kappa shape index (κ2) is 14.1. The summed E-state index contributed by atoms with van der Waals surface area (Å²) in [5.41, 5.74) is 0.129.